The minimum atomic E-state index is -4.00. The van der Waals surface area contributed by atoms with E-state index < -0.39 is 58.2 Å². The van der Waals surface area contributed by atoms with Crippen LogP contribution in [0.4, 0.5) is 0 Å². The van der Waals surface area contributed by atoms with Crippen molar-refractivity contribution in [2.45, 2.75) is 49.6 Å². The van der Waals surface area contributed by atoms with Gasteiger partial charge in [-0.3, -0.25) is 14.4 Å². The van der Waals surface area contributed by atoms with Crippen molar-refractivity contribution in [3.63, 3.8) is 0 Å². The zero-order valence-corrected chi connectivity index (χ0v) is 21.7. The molecule has 0 saturated carbocycles. The predicted octanol–water partition coefficient (Wildman–Crippen LogP) is 1.17. The summed E-state index contributed by atoms with van der Waals surface area (Å²) in [4.78, 5) is 49.7. The lowest BCUT2D eigenvalue weighted by Crippen LogP contribution is -2.53. The lowest BCUT2D eigenvalue weighted by Gasteiger charge is -2.34. The Kier molecular flexibility index (Phi) is 9.59. The van der Waals surface area contributed by atoms with Gasteiger partial charge in [-0.1, -0.05) is 48.0 Å². The molecule has 0 aliphatic carbocycles. The number of benzene rings is 2. The molecule has 2 aromatic carbocycles. The number of hydrogen-bond donors (Lipinski definition) is 4. The third-order valence-electron chi connectivity index (χ3n) is 6.38. The van der Waals surface area contributed by atoms with E-state index in [1.54, 1.807) is 36.4 Å². The number of rotatable bonds is 11. The average molecular weight is 546 g/mol. The van der Waals surface area contributed by atoms with E-state index in [0.29, 0.717) is 0 Å². The van der Waals surface area contributed by atoms with Crippen molar-refractivity contribution in [3.05, 3.63) is 65.7 Å². The van der Waals surface area contributed by atoms with Gasteiger partial charge < -0.3 is 20.4 Å². The van der Waals surface area contributed by atoms with Crippen LogP contribution in [-0.4, -0.2) is 72.5 Å². The number of piperidine rings is 1. The Bertz CT molecular complexity index is 1260. The smallest absolute Gasteiger partial charge is 0.326 e. The molecule has 0 radical (unpaired) electrons. The molecule has 1 aliphatic rings. The number of nitrogens with zero attached hydrogens (tertiary/aromatic N) is 1. The monoisotopic (exact) mass is 545 g/mol. The van der Waals surface area contributed by atoms with Gasteiger partial charge >= 0.3 is 11.9 Å². The fourth-order valence-corrected chi connectivity index (χ4v) is 5.44. The van der Waals surface area contributed by atoms with Crippen LogP contribution in [0.3, 0.4) is 0 Å². The van der Waals surface area contributed by atoms with Crippen LogP contribution < -0.4 is 10.0 Å². The second-order valence-electron chi connectivity index (χ2n) is 9.27. The maximum absolute atomic E-state index is 13.5. The normalized spacial score (nSPS) is 15.9. The molecule has 1 saturated heterocycles. The molecule has 1 heterocycles. The van der Waals surface area contributed by atoms with E-state index in [1.165, 1.54) is 17.0 Å². The summed E-state index contributed by atoms with van der Waals surface area (Å²) in [6.45, 7) is 2.15. The van der Waals surface area contributed by atoms with Crippen molar-refractivity contribution in [2.75, 3.05) is 13.1 Å². The highest BCUT2D eigenvalue weighted by atomic mass is 32.2. The van der Waals surface area contributed by atoms with Gasteiger partial charge in [0.25, 0.3) is 0 Å². The Labute approximate surface area is 220 Å². The van der Waals surface area contributed by atoms with Crippen molar-refractivity contribution < 1.29 is 37.8 Å². The largest absolute Gasteiger partial charge is 0.481 e. The molecule has 0 spiro atoms. The summed E-state index contributed by atoms with van der Waals surface area (Å²) in [6, 6.07) is 12.7. The summed E-state index contributed by atoms with van der Waals surface area (Å²) in [5.41, 5.74) is 1.66. The third kappa shape index (κ3) is 7.86. The Morgan fingerprint density at radius 3 is 2.11 bits per heavy atom. The Hall–Kier alpha value is -3.77. The highest BCUT2D eigenvalue weighted by Gasteiger charge is 2.34. The second kappa shape index (κ2) is 12.7. The number of amides is 2. The highest BCUT2D eigenvalue weighted by molar-refractivity contribution is 7.89. The molecule has 11 nitrogen and oxygen atoms in total. The van der Waals surface area contributed by atoms with E-state index in [0.717, 1.165) is 11.1 Å². The summed E-state index contributed by atoms with van der Waals surface area (Å²) in [5.74, 6) is -4.43. The molecule has 4 N–H and O–H groups in total. The van der Waals surface area contributed by atoms with Gasteiger partial charge in [0.2, 0.25) is 21.8 Å². The van der Waals surface area contributed by atoms with E-state index >= 15 is 0 Å². The number of nitrogens with one attached hydrogen (secondary N) is 2. The quantitative estimate of drug-likeness (QED) is 0.326. The number of hydrogen-bond acceptors (Lipinski definition) is 6. The van der Waals surface area contributed by atoms with Crippen molar-refractivity contribution in [1.82, 2.24) is 14.9 Å². The molecule has 0 unspecified atom stereocenters. The average Bonchev–Trinajstić information content (AvgIpc) is 2.88. The van der Waals surface area contributed by atoms with E-state index in [-0.39, 0.29) is 37.2 Å². The molecule has 1 fully saturated rings. The number of carbonyl (C=O) groups excluding carboxylic acids is 2. The van der Waals surface area contributed by atoms with Crippen LogP contribution in [0.5, 0.6) is 0 Å². The van der Waals surface area contributed by atoms with Crippen LogP contribution in [0.15, 0.2) is 59.5 Å². The molecule has 0 aromatic heterocycles. The number of aliphatic carboxylic acids is 2. The standard InChI is InChI=1S/C26H31N3O8S/c1-17-7-9-20(10-8-17)38(36,37)28-21(15-18-5-3-2-4-6-18)25(33)29-13-11-19(12-14-29)24(32)27-22(26(34)35)16-23(30)31/h2-10,19,21-22,28H,11-16H2,1H3,(H,27,32)(H,30,31)(H,34,35)/t21-,22-/m0/s1. The van der Waals surface area contributed by atoms with Crippen LogP contribution >= 0.6 is 0 Å². The van der Waals surface area contributed by atoms with Crippen molar-refractivity contribution in [2.24, 2.45) is 5.92 Å². The highest BCUT2D eigenvalue weighted by Crippen LogP contribution is 2.20. The van der Waals surface area contributed by atoms with E-state index in [1.807, 2.05) is 13.0 Å². The first-order chi connectivity index (χ1) is 18.0. The van der Waals surface area contributed by atoms with Gasteiger partial charge in [0.05, 0.1) is 11.3 Å². The lowest BCUT2D eigenvalue weighted by molar-refractivity contribution is -0.148. The van der Waals surface area contributed by atoms with Crippen LogP contribution in [0, 0.1) is 12.8 Å². The van der Waals surface area contributed by atoms with Crippen molar-refractivity contribution in [3.8, 4) is 0 Å². The number of carboxylic acid groups (broad SMARTS) is 2. The van der Waals surface area contributed by atoms with Crippen LogP contribution in [0.1, 0.15) is 30.4 Å². The zero-order chi connectivity index (χ0) is 27.9. The molecular weight excluding hydrogens is 514 g/mol. The molecular formula is C26H31N3O8S. The number of carbonyl (C=O) groups is 4. The minimum absolute atomic E-state index is 0.0405. The first kappa shape index (κ1) is 28.8. The van der Waals surface area contributed by atoms with Gasteiger partial charge in [-0.25, -0.2) is 13.2 Å². The summed E-state index contributed by atoms with van der Waals surface area (Å²) in [7, 11) is -4.00. The maximum Gasteiger partial charge on any atom is 0.326 e. The molecule has 1 aliphatic heterocycles. The van der Waals surface area contributed by atoms with Gasteiger partial charge in [-0.05, 0) is 43.9 Å². The van der Waals surface area contributed by atoms with E-state index in [4.69, 9.17) is 10.2 Å². The molecule has 38 heavy (non-hydrogen) atoms. The van der Waals surface area contributed by atoms with Crippen molar-refractivity contribution >= 4 is 33.8 Å². The van der Waals surface area contributed by atoms with E-state index in [9.17, 15) is 27.6 Å². The fraction of sp³-hybridized carbons (Fsp3) is 0.385. The molecule has 2 atom stereocenters. The zero-order valence-electron chi connectivity index (χ0n) is 20.9. The van der Waals surface area contributed by atoms with Crippen LogP contribution in [0.25, 0.3) is 0 Å². The topological polar surface area (TPSA) is 170 Å². The Morgan fingerprint density at radius 1 is 0.947 bits per heavy atom. The molecule has 204 valence electrons. The Balaban J connectivity index is 1.70. The first-order valence-corrected chi connectivity index (χ1v) is 13.6. The molecule has 2 aromatic rings. The molecule has 0 bridgehead atoms. The SMILES string of the molecule is Cc1ccc(S(=O)(=O)N[C@@H](Cc2ccccc2)C(=O)N2CCC(C(=O)N[C@@H](CC(=O)O)C(=O)O)CC2)cc1. The van der Waals surface area contributed by atoms with E-state index in [2.05, 4.69) is 10.0 Å². The predicted molar refractivity (Wildman–Crippen MR) is 137 cm³/mol. The van der Waals surface area contributed by atoms with Gasteiger partial charge in [0, 0.05) is 19.0 Å². The second-order valence-corrected chi connectivity index (χ2v) is 11.0. The number of aryl methyl sites for hydroxylation is 1. The maximum atomic E-state index is 13.5. The van der Waals surface area contributed by atoms with Crippen molar-refractivity contribution in [1.29, 1.82) is 0 Å². The Morgan fingerprint density at radius 2 is 1.55 bits per heavy atom. The summed E-state index contributed by atoms with van der Waals surface area (Å²) >= 11 is 0. The number of likely N-dealkylation sites (tertiary alicyclic amines) is 1. The summed E-state index contributed by atoms with van der Waals surface area (Å²) < 4.78 is 28.7. The molecule has 12 heteroatoms. The minimum Gasteiger partial charge on any atom is -0.481 e. The molecule has 3 rings (SSSR count). The molecule has 2 amide bonds. The van der Waals surface area contributed by atoms with Gasteiger partial charge in [0.1, 0.15) is 12.1 Å². The van der Waals surface area contributed by atoms with Gasteiger partial charge in [0.15, 0.2) is 0 Å². The van der Waals surface area contributed by atoms with Crippen LogP contribution in [0.2, 0.25) is 0 Å². The third-order valence-corrected chi connectivity index (χ3v) is 7.87. The van der Waals surface area contributed by atoms with Gasteiger partial charge in [-0.15, -0.1) is 0 Å². The lowest BCUT2D eigenvalue weighted by atomic mass is 9.94. The van der Waals surface area contributed by atoms with Gasteiger partial charge in [-0.2, -0.15) is 4.72 Å². The number of sulfonamides is 1. The summed E-state index contributed by atoms with van der Waals surface area (Å²) in [5, 5.41) is 20.3. The fourth-order valence-electron chi connectivity index (χ4n) is 4.25. The number of carboxylic acids is 2. The summed E-state index contributed by atoms with van der Waals surface area (Å²) in [6.07, 6.45) is -0.180. The first-order valence-electron chi connectivity index (χ1n) is 12.1. The van der Waals surface area contributed by atoms with Crippen LogP contribution in [-0.2, 0) is 35.6 Å².